The highest BCUT2D eigenvalue weighted by molar-refractivity contribution is 9.10. The molecule has 0 radical (unpaired) electrons. The van der Waals surface area contributed by atoms with Gasteiger partial charge in [-0.3, -0.25) is 4.90 Å². The fraction of sp³-hybridized carbons (Fsp3) is 0.571. The van der Waals surface area contributed by atoms with Crippen molar-refractivity contribution in [1.29, 1.82) is 0 Å². The summed E-state index contributed by atoms with van der Waals surface area (Å²) in [7, 11) is 2.05. The summed E-state index contributed by atoms with van der Waals surface area (Å²) in [6.07, 6.45) is 1.59. The van der Waals surface area contributed by atoms with E-state index in [4.69, 9.17) is 0 Å². The van der Waals surface area contributed by atoms with Crippen molar-refractivity contribution < 1.29 is 5.11 Å². The number of hydrogen-bond acceptors (Lipinski definition) is 2. The summed E-state index contributed by atoms with van der Waals surface area (Å²) < 4.78 is 1.13. The first-order valence-corrected chi connectivity index (χ1v) is 6.94. The van der Waals surface area contributed by atoms with Gasteiger partial charge in [-0.15, -0.1) is 0 Å². The van der Waals surface area contributed by atoms with Crippen LogP contribution >= 0.6 is 15.9 Å². The zero-order valence-electron chi connectivity index (χ0n) is 10.9. The molecule has 0 amide bonds. The molecule has 0 atom stereocenters. The van der Waals surface area contributed by atoms with Gasteiger partial charge in [-0.05, 0) is 31.5 Å². The van der Waals surface area contributed by atoms with E-state index < -0.39 is 5.60 Å². The minimum absolute atomic E-state index is 0.560. The smallest absolute Gasteiger partial charge is 0.0768 e. The summed E-state index contributed by atoms with van der Waals surface area (Å²) in [5.74, 6) is 0. The van der Waals surface area contributed by atoms with Crippen molar-refractivity contribution >= 4 is 15.9 Å². The van der Waals surface area contributed by atoms with Gasteiger partial charge < -0.3 is 5.11 Å². The van der Waals surface area contributed by atoms with Crippen LogP contribution in [0.1, 0.15) is 32.3 Å². The van der Waals surface area contributed by atoms with Crippen LogP contribution in [-0.2, 0) is 6.54 Å². The lowest BCUT2D eigenvalue weighted by atomic mass is 9.97. The van der Waals surface area contributed by atoms with Crippen LogP contribution in [-0.4, -0.2) is 29.2 Å². The van der Waals surface area contributed by atoms with E-state index in [1.165, 1.54) is 5.56 Å². The van der Waals surface area contributed by atoms with Crippen LogP contribution in [0.2, 0.25) is 0 Å². The molecule has 2 nitrogen and oxygen atoms in total. The Bertz CT molecular complexity index is 350. The number of hydrogen-bond donors (Lipinski definition) is 1. The van der Waals surface area contributed by atoms with Gasteiger partial charge >= 0.3 is 0 Å². The molecular weight excluding hydrogens is 278 g/mol. The molecule has 0 aliphatic rings. The van der Waals surface area contributed by atoms with Crippen molar-refractivity contribution in [1.82, 2.24) is 4.90 Å². The number of likely N-dealkylation sites (N-methyl/N-ethyl adjacent to an activating group) is 1. The van der Waals surface area contributed by atoms with Gasteiger partial charge in [-0.1, -0.05) is 48.0 Å². The van der Waals surface area contributed by atoms with E-state index in [0.717, 1.165) is 23.9 Å². The molecule has 0 unspecified atom stereocenters. The summed E-state index contributed by atoms with van der Waals surface area (Å²) in [5, 5.41) is 10.3. The molecule has 0 aliphatic heterocycles. The minimum atomic E-state index is -0.560. The predicted octanol–water partition coefficient (Wildman–Crippen LogP) is 3.43. The van der Waals surface area contributed by atoms with Crippen LogP contribution in [0.5, 0.6) is 0 Å². The lowest BCUT2D eigenvalue weighted by molar-refractivity contribution is 0.00127. The molecular formula is C14H22BrNO. The lowest BCUT2D eigenvalue weighted by Crippen LogP contribution is -2.40. The second-order valence-corrected chi connectivity index (χ2v) is 5.55. The Balaban J connectivity index is 2.61. The Labute approximate surface area is 113 Å². The van der Waals surface area contributed by atoms with Crippen molar-refractivity contribution in [2.24, 2.45) is 0 Å². The standard InChI is InChI=1S/C14H22BrNO/c1-4-14(17,5-2)11-16(3)10-12-8-6-7-9-13(12)15/h6-9,17H,4-5,10-11H2,1-3H3. The fourth-order valence-electron chi connectivity index (χ4n) is 1.95. The summed E-state index contributed by atoms with van der Waals surface area (Å²) in [6, 6.07) is 8.22. The Morgan fingerprint density at radius 3 is 2.35 bits per heavy atom. The van der Waals surface area contributed by atoms with Crippen molar-refractivity contribution in [3.8, 4) is 0 Å². The summed E-state index contributed by atoms with van der Waals surface area (Å²) >= 11 is 3.55. The van der Waals surface area contributed by atoms with E-state index in [1.54, 1.807) is 0 Å². The maximum atomic E-state index is 10.3. The predicted molar refractivity (Wildman–Crippen MR) is 76.0 cm³/mol. The third kappa shape index (κ3) is 4.41. The molecule has 0 bridgehead atoms. The minimum Gasteiger partial charge on any atom is -0.389 e. The Morgan fingerprint density at radius 2 is 1.82 bits per heavy atom. The maximum Gasteiger partial charge on any atom is 0.0768 e. The molecule has 0 fully saturated rings. The molecule has 0 heterocycles. The van der Waals surface area contributed by atoms with Crippen molar-refractivity contribution in [3.05, 3.63) is 34.3 Å². The highest BCUT2D eigenvalue weighted by atomic mass is 79.9. The monoisotopic (exact) mass is 299 g/mol. The van der Waals surface area contributed by atoms with E-state index in [-0.39, 0.29) is 0 Å². The van der Waals surface area contributed by atoms with Gasteiger partial charge in [0.15, 0.2) is 0 Å². The molecule has 0 saturated heterocycles. The SMILES string of the molecule is CCC(O)(CC)CN(C)Cc1ccccc1Br. The van der Waals surface area contributed by atoms with E-state index >= 15 is 0 Å². The largest absolute Gasteiger partial charge is 0.389 e. The molecule has 1 aromatic rings. The van der Waals surface area contributed by atoms with Crippen LogP contribution in [0, 0.1) is 0 Å². The number of aliphatic hydroxyl groups is 1. The first kappa shape index (κ1) is 14.7. The van der Waals surface area contributed by atoms with Gasteiger partial charge in [-0.2, -0.15) is 0 Å². The second kappa shape index (κ2) is 6.53. The number of rotatable bonds is 6. The van der Waals surface area contributed by atoms with E-state index in [1.807, 2.05) is 26.0 Å². The molecule has 0 aromatic heterocycles. The third-order valence-electron chi connectivity index (χ3n) is 3.28. The van der Waals surface area contributed by atoms with E-state index in [0.29, 0.717) is 6.54 Å². The molecule has 0 spiro atoms. The van der Waals surface area contributed by atoms with Crippen molar-refractivity contribution in [2.45, 2.75) is 38.8 Å². The fourth-order valence-corrected chi connectivity index (χ4v) is 2.36. The molecule has 96 valence electrons. The van der Waals surface area contributed by atoms with E-state index in [9.17, 15) is 5.11 Å². The normalized spacial score (nSPS) is 12.1. The zero-order valence-corrected chi connectivity index (χ0v) is 12.5. The Hall–Kier alpha value is -0.380. The average Bonchev–Trinajstić information content (AvgIpc) is 2.32. The van der Waals surface area contributed by atoms with Gasteiger partial charge in [0.05, 0.1) is 5.60 Å². The summed E-state index contributed by atoms with van der Waals surface area (Å²) in [5.41, 5.74) is 0.695. The first-order valence-electron chi connectivity index (χ1n) is 6.15. The van der Waals surface area contributed by atoms with Crippen molar-refractivity contribution in [3.63, 3.8) is 0 Å². The third-order valence-corrected chi connectivity index (χ3v) is 4.05. The Kier molecular flexibility index (Phi) is 5.63. The van der Waals surface area contributed by atoms with Crippen LogP contribution in [0.4, 0.5) is 0 Å². The zero-order chi connectivity index (χ0) is 12.9. The molecule has 1 aromatic carbocycles. The van der Waals surface area contributed by atoms with Gasteiger partial charge in [0.25, 0.3) is 0 Å². The molecule has 0 saturated carbocycles. The molecule has 1 N–H and O–H groups in total. The average molecular weight is 300 g/mol. The lowest BCUT2D eigenvalue weighted by Gasteiger charge is -2.30. The van der Waals surface area contributed by atoms with Crippen LogP contribution in [0.3, 0.4) is 0 Å². The van der Waals surface area contributed by atoms with Crippen molar-refractivity contribution in [2.75, 3.05) is 13.6 Å². The van der Waals surface area contributed by atoms with Crippen LogP contribution in [0.25, 0.3) is 0 Å². The number of nitrogens with zero attached hydrogens (tertiary/aromatic N) is 1. The molecule has 17 heavy (non-hydrogen) atoms. The van der Waals surface area contributed by atoms with Crippen LogP contribution in [0.15, 0.2) is 28.7 Å². The summed E-state index contributed by atoms with van der Waals surface area (Å²) in [4.78, 5) is 2.17. The summed E-state index contributed by atoms with van der Waals surface area (Å²) in [6.45, 7) is 5.64. The van der Waals surface area contributed by atoms with Crippen LogP contribution < -0.4 is 0 Å². The molecule has 1 rings (SSSR count). The second-order valence-electron chi connectivity index (χ2n) is 4.70. The number of benzene rings is 1. The van der Waals surface area contributed by atoms with Gasteiger partial charge in [0.2, 0.25) is 0 Å². The highest BCUT2D eigenvalue weighted by Gasteiger charge is 2.24. The van der Waals surface area contributed by atoms with Gasteiger partial charge in [0, 0.05) is 17.6 Å². The molecule has 3 heteroatoms. The van der Waals surface area contributed by atoms with Gasteiger partial charge in [0.1, 0.15) is 0 Å². The maximum absolute atomic E-state index is 10.3. The highest BCUT2D eigenvalue weighted by Crippen LogP contribution is 2.20. The Morgan fingerprint density at radius 1 is 1.24 bits per heavy atom. The quantitative estimate of drug-likeness (QED) is 0.870. The van der Waals surface area contributed by atoms with Gasteiger partial charge in [-0.25, -0.2) is 0 Å². The number of halogens is 1. The molecule has 0 aliphatic carbocycles. The first-order chi connectivity index (χ1) is 8.00. The van der Waals surface area contributed by atoms with E-state index in [2.05, 4.69) is 40.0 Å². The topological polar surface area (TPSA) is 23.5 Å².